The predicted octanol–water partition coefficient (Wildman–Crippen LogP) is 9.93. The first-order valence-electron chi connectivity index (χ1n) is 26.4. The summed E-state index contributed by atoms with van der Waals surface area (Å²) in [5.74, 6) is 1.80. The number of hydrogen-bond donors (Lipinski definition) is 2. The topological polar surface area (TPSA) is 89.6 Å². The molecule has 2 amide bonds. The molecule has 8 heterocycles. The number of benzene rings is 3. The van der Waals surface area contributed by atoms with Gasteiger partial charge in [0.15, 0.2) is 11.4 Å². The number of anilines is 3. The van der Waals surface area contributed by atoms with E-state index < -0.39 is 11.4 Å². The van der Waals surface area contributed by atoms with Crippen molar-refractivity contribution >= 4 is 56.5 Å². The summed E-state index contributed by atoms with van der Waals surface area (Å²) in [5.41, 5.74) is 14.6. The summed E-state index contributed by atoms with van der Waals surface area (Å²) in [6, 6.07) is 17.1. The number of ether oxygens (including phenoxy) is 2. The molecule has 70 heavy (non-hydrogen) atoms. The highest BCUT2D eigenvalue weighted by molar-refractivity contribution is 8.76. The molecule has 3 aromatic rings. The van der Waals surface area contributed by atoms with Crippen molar-refractivity contribution in [1.82, 2.24) is 15.5 Å². The standard InChI is InChI=1S/C58H70N6O4S2/c1-55(2)47-37-45(13-15-49(47)63-27-29-67-57(55,63)19-17-39-33-41-9-5-23-61-24-6-10-42(34-39)51(41)61)53(65)59-21-31-69-70-32-22-60-54(66)46-14-16-50-48(38-46)56(3,4)58(64(50)28-30-68-58)20-18-40-35-43-11-7-25-62-26-8-12-44(36-40)52(43)62/h13-20,33-35,37-38,40H,5-12,21-32,36H2,1-4H3,(H,59,65)(H,60,66)/b19-17+,20-18+. The molecule has 0 bridgehead atoms. The largest absolute Gasteiger partial charge is 0.371 e. The summed E-state index contributed by atoms with van der Waals surface area (Å²) in [6.07, 6.45) is 22.7. The molecule has 0 spiro atoms. The maximum atomic E-state index is 13.6. The summed E-state index contributed by atoms with van der Waals surface area (Å²) >= 11 is 0. The maximum absolute atomic E-state index is 13.6. The normalized spacial score (nSPS) is 26.5. The Morgan fingerprint density at radius 1 is 0.671 bits per heavy atom. The van der Waals surface area contributed by atoms with Gasteiger partial charge in [-0.3, -0.25) is 9.59 Å². The third kappa shape index (κ3) is 7.58. The highest BCUT2D eigenvalue weighted by atomic mass is 33.1. The Morgan fingerprint density at radius 2 is 1.21 bits per heavy atom. The monoisotopic (exact) mass is 978 g/mol. The van der Waals surface area contributed by atoms with Crippen LogP contribution in [0.5, 0.6) is 0 Å². The van der Waals surface area contributed by atoms with Crippen molar-refractivity contribution in [2.45, 2.75) is 108 Å². The second-order valence-corrected chi connectivity index (χ2v) is 24.7. The summed E-state index contributed by atoms with van der Waals surface area (Å²) in [5, 5.41) is 6.32. The third-order valence-electron chi connectivity index (χ3n) is 17.4. The average Bonchev–Trinajstić information content (AvgIpc) is 4.10. The second kappa shape index (κ2) is 18.1. The van der Waals surface area contributed by atoms with Crippen molar-refractivity contribution in [2.75, 3.05) is 91.8 Å². The summed E-state index contributed by atoms with van der Waals surface area (Å²) in [6.45, 7) is 18.0. The van der Waals surface area contributed by atoms with Crippen LogP contribution in [0.4, 0.5) is 17.1 Å². The number of aryl methyl sites for hydroxylation is 2. The summed E-state index contributed by atoms with van der Waals surface area (Å²) < 4.78 is 13.4. The van der Waals surface area contributed by atoms with Gasteiger partial charge in [-0.15, -0.1) is 0 Å². The van der Waals surface area contributed by atoms with Crippen molar-refractivity contribution in [3.63, 3.8) is 0 Å². The van der Waals surface area contributed by atoms with Gasteiger partial charge in [0, 0.05) is 109 Å². The van der Waals surface area contributed by atoms with Crippen LogP contribution in [-0.2, 0) is 33.1 Å². The minimum atomic E-state index is -0.619. The molecule has 10 nitrogen and oxygen atoms in total. The van der Waals surface area contributed by atoms with E-state index in [1.807, 2.05) is 12.1 Å². The molecule has 0 saturated carbocycles. The van der Waals surface area contributed by atoms with Crippen molar-refractivity contribution in [3.05, 3.63) is 129 Å². The van der Waals surface area contributed by atoms with Gasteiger partial charge in [-0.25, -0.2) is 0 Å². The lowest BCUT2D eigenvalue weighted by atomic mass is 9.75. The SMILES string of the molecule is CC1(C)c2cc(C(=O)NCCSSCCNC(=O)c3ccc4c(c3)C(C)(C)C3(/C=C/C5C=C6CCCN7CCCC(=C67)C5)OCCN43)ccc2N2CCOC21/C=C/c1cc2c3c(c1)CCCN3CCC2. The molecule has 12 rings (SSSR count). The zero-order valence-electron chi connectivity index (χ0n) is 41.7. The van der Waals surface area contributed by atoms with E-state index in [0.717, 1.165) is 66.4 Å². The van der Waals surface area contributed by atoms with Crippen LogP contribution in [0.15, 0.2) is 89.7 Å². The smallest absolute Gasteiger partial charge is 0.251 e. The van der Waals surface area contributed by atoms with E-state index in [1.54, 1.807) is 38.4 Å². The second-order valence-electron chi connectivity index (χ2n) is 22.0. The molecule has 12 heteroatoms. The van der Waals surface area contributed by atoms with Crippen LogP contribution >= 0.6 is 21.6 Å². The number of hydrogen-bond acceptors (Lipinski definition) is 10. The summed E-state index contributed by atoms with van der Waals surface area (Å²) in [7, 11) is 3.44. The van der Waals surface area contributed by atoms with Crippen LogP contribution in [0.25, 0.3) is 6.08 Å². The Labute approximate surface area is 423 Å². The first-order chi connectivity index (χ1) is 34.0. The molecule has 368 valence electrons. The lowest BCUT2D eigenvalue weighted by molar-refractivity contribution is -0.000664. The number of nitrogens with one attached hydrogen (secondary N) is 2. The summed E-state index contributed by atoms with van der Waals surface area (Å²) in [4.78, 5) is 37.2. The van der Waals surface area contributed by atoms with Crippen LogP contribution in [0.3, 0.4) is 0 Å². The van der Waals surface area contributed by atoms with Gasteiger partial charge in [0.05, 0.1) is 13.2 Å². The fourth-order valence-electron chi connectivity index (χ4n) is 14.0. The Hall–Kier alpha value is -4.62. The average molecular weight is 979 g/mol. The molecule has 0 aromatic heterocycles. The molecule has 3 fully saturated rings. The van der Waals surface area contributed by atoms with E-state index in [-0.39, 0.29) is 22.6 Å². The van der Waals surface area contributed by atoms with E-state index in [4.69, 9.17) is 9.47 Å². The first kappa shape index (κ1) is 46.5. The van der Waals surface area contributed by atoms with E-state index in [1.165, 1.54) is 87.1 Å². The number of rotatable bonds is 13. The highest BCUT2D eigenvalue weighted by Crippen LogP contribution is 2.57. The molecule has 1 aliphatic carbocycles. The molecule has 8 aliphatic heterocycles. The number of allylic oxidation sites excluding steroid dienone is 4. The van der Waals surface area contributed by atoms with Crippen LogP contribution in [0.2, 0.25) is 0 Å². The number of carbonyl (C=O) groups excluding carboxylic acids is 2. The lowest BCUT2D eigenvalue weighted by Gasteiger charge is -2.42. The lowest BCUT2D eigenvalue weighted by Crippen LogP contribution is -2.51. The molecule has 3 unspecified atom stereocenters. The van der Waals surface area contributed by atoms with Crippen molar-refractivity contribution < 1.29 is 19.1 Å². The van der Waals surface area contributed by atoms with Crippen LogP contribution < -0.4 is 25.3 Å². The minimum absolute atomic E-state index is 0.0530. The van der Waals surface area contributed by atoms with Gasteiger partial charge in [0.1, 0.15) is 0 Å². The number of nitrogens with zero attached hydrogens (tertiary/aromatic N) is 4. The molecule has 3 saturated heterocycles. The van der Waals surface area contributed by atoms with Crippen molar-refractivity contribution in [3.8, 4) is 0 Å². The zero-order valence-corrected chi connectivity index (χ0v) is 43.3. The van der Waals surface area contributed by atoms with Gasteiger partial charge in [-0.1, -0.05) is 67.5 Å². The van der Waals surface area contributed by atoms with E-state index in [9.17, 15) is 9.59 Å². The predicted molar refractivity (Wildman–Crippen MR) is 287 cm³/mol. The maximum Gasteiger partial charge on any atom is 0.251 e. The Morgan fingerprint density at radius 3 is 1.81 bits per heavy atom. The number of fused-ring (bicyclic) bond motifs is 6. The molecule has 3 aromatic carbocycles. The van der Waals surface area contributed by atoms with Crippen LogP contribution in [-0.4, -0.2) is 105 Å². The van der Waals surface area contributed by atoms with Crippen LogP contribution in [0, 0.1) is 5.92 Å². The van der Waals surface area contributed by atoms with Gasteiger partial charge < -0.3 is 39.7 Å². The molecule has 3 atom stereocenters. The number of piperidine rings is 1. The fraction of sp³-hybridized carbons (Fsp3) is 0.517. The van der Waals surface area contributed by atoms with Gasteiger partial charge in [-0.2, -0.15) is 0 Å². The van der Waals surface area contributed by atoms with Crippen LogP contribution in [0.1, 0.15) is 121 Å². The molecule has 0 radical (unpaired) electrons. The quantitative estimate of drug-likeness (QED) is 0.0981. The van der Waals surface area contributed by atoms with Gasteiger partial charge in [-0.05, 0) is 163 Å². The zero-order chi connectivity index (χ0) is 47.8. The molecular formula is C58H70N6O4S2. The first-order valence-corrected chi connectivity index (χ1v) is 28.9. The Balaban J connectivity index is 0.619. The molecule has 9 aliphatic rings. The van der Waals surface area contributed by atoms with E-state index >= 15 is 0 Å². The Bertz CT molecular complexity index is 2710. The van der Waals surface area contributed by atoms with Gasteiger partial charge in [0.25, 0.3) is 11.8 Å². The van der Waals surface area contributed by atoms with Crippen molar-refractivity contribution in [1.29, 1.82) is 0 Å². The number of amides is 2. The fourth-order valence-corrected chi connectivity index (χ4v) is 15.8. The molecule has 2 N–H and O–H groups in total. The highest BCUT2D eigenvalue weighted by Gasteiger charge is 2.60. The van der Waals surface area contributed by atoms with Crippen molar-refractivity contribution in [2.24, 2.45) is 5.92 Å². The Kier molecular flexibility index (Phi) is 12.0. The third-order valence-corrected chi connectivity index (χ3v) is 19.8. The van der Waals surface area contributed by atoms with E-state index in [0.29, 0.717) is 43.3 Å². The van der Waals surface area contributed by atoms with Gasteiger partial charge >= 0.3 is 0 Å². The number of carbonyl (C=O) groups is 2. The van der Waals surface area contributed by atoms with E-state index in [2.05, 4.69) is 125 Å². The van der Waals surface area contributed by atoms with Gasteiger partial charge in [0.2, 0.25) is 0 Å². The minimum Gasteiger partial charge on any atom is -0.371 e. The molecular weight excluding hydrogens is 909 g/mol.